The summed E-state index contributed by atoms with van der Waals surface area (Å²) in [6.07, 6.45) is 1.77. The molecule has 6 nitrogen and oxygen atoms in total. The molecule has 1 aromatic carbocycles. The van der Waals surface area contributed by atoms with Crippen molar-refractivity contribution in [2.45, 2.75) is 11.3 Å². The summed E-state index contributed by atoms with van der Waals surface area (Å²) in [4.78, 5) is 23.0. The first-order chi connectivity index (χ1) is 11.1. The Labute approximate surface area is 142 Å². The van der Waals surface area contributed by atoms with Crippen molar-refractivity contribution in [3.05, 3.63) is 42.5 Å². The van der Waals surface area contributed by atoms with Crippen LogP contribution in [0.25, 0.3) is 0 Å². The highest BCUT2D eigenvalue weighted by Crippen LogP contribution is 2.25. The van der Waals surface area contributed by atoms with Crippen LogP contribution in [0.15, 0.2) is 41.3 Å². The van der Waals surface area contributed by atoms with Crippen molar-refractivity contribution < 1.29 is 14.3 Å². The van der Waals surface area contributed by atoms with E-state index in [9.17, 15) is 9.59 Å². The maximum Gasteiger partial charge on any atom is 0.264 e. The van der Waals surface area contributed by atoms with Gasteiger partial charge in [0.1, 0.15) is 5.75 Å². The molecule has 2 rings (SSSR count). The van der Waals surface area contributed by atoms with Gasteiger partial charge in [0.15, 0.2) is 16.7 Å². The topological polar surface area (TPSA) is 81.2 Å². The van der Waals surface area contributed by atoms with Gasteiger partial charge in [0.2, 0.25) is 5.13 Å². The zero-order valence-electron chi connectivity index (χ0n) is 12.4. The highest BCUT2D eigenvalue weighted by molar-refractivity contribution is 8.01. The molecule has 0 bridgehead atoms. The number of hydrogen-bond acceptors (Lipinski definition) is 7. The van der Waals surface area contributed by atoms with Crippen molar-refractivity contribution >= 4 is 39.9 Å². The lowest BCUT2D eigenvalue weighted by Gasteiger charge is -2.05. The largest absolute Gasteiger partial charge is 0.484 e. The van der Waals surface area contributed by atoms with Crippen molar-refractivity contribution in [1.82, 2.24) is 10.2 Å². The molecule has 0 aliphatic carbocycles. The highest BCUT2D eigenvalue weighted by Gasteiger charge is 2.09. The summed E-state index contributed by atoms with van der Waals surface area (Å²) in [5.41, 5.74) is 0.597. The number of amides is 1. The number of ether oxygens (including phenoxy) is 1. The van der Waals surface area contributed by atoms with Crippen LogP contribution in [0.4, 0.5) is 5.13 Å². The summed E-state index contributed by atoms with van der Waals surface area (Å²) in [6, 6.07) is 6.62. The molecule has 1 N–H and O–H groups in total. The molecule has 120 valence electrons. The van der Waals surface area contributed by atoms with Crippen molar-refractivity contribution in [2.75, 3.05) is 17.7 Å². The molecular formula is C15H15N3O3S2. The van der Waals surface area contributed by atoms with Crippen LogP contribution >= 0.6 is 23.1 Å². The molecule has 0 saturated heterocycles. The summed E-state index contributed by atoms with van der Waals surface area (Å²) < 4.78 is 6.13. The van der Waals surface area contributed by atoms with Crippen LogP contribution in [0.1, 0.15) is 17.3 Å². The first-order valence-electron chi connectivity index (χ1n) is 6.69. The molecule has 0 aliphatic rings. The number of thioether (sulfide) groups is 1. The molecule has 8 heteroatoms. The number of nitrogens with one attached hydrogen (secondary N) is 1. The fraction of sp³-hybridized carbons (Fsp3) is 0.200. The maximum absolute atomic E-state index is 11.8. The number of ketones is 1. The number of hydrogen-bond donors (Lipinski definition) is 1. The molecular weight excluding hydrogens is 334 g/mol. The molecule has 23 heavy (non-hydrogen) atoms. The number of benzene rings is 1. The van der Waals surface area contributed by atoms with E-state index >= 15 is 0 Å². The maximum atomic E-state index is 11.8. The van der Waals surface area contributed by atoms with E-state index in [4.69, 9.17) is 4.74 Å². The normalized spacial score (nSPS) is 10.1. The van der Waals surface area contributed by atoms with Crippen LogP contribution in [-0.2, 0) is 4.79 Å². The van der Waals surface area contributed by atoms with Crippen molar-refractivity contribution in [2.24, 2.45) is 0 Å². The van der Waals surface area contributed by atoms with Crippen LogP contribution in [-0.4, -0.2) is 34.2 Å². The lowest BCUT2D eigenvalue weighted by atomic mass is 10.1. The minimum Gasteiger partial charge on any atom is -0.484 e. The lowest BCUT2D eigenvalue weighted by molar-refractivity contribution is -0.118. The first kappa shape index (κ1) is 17.2. The molecule has 0 saturated carbocycles. The molecule has 0 aliphatic heterocycles. The van der Waals surface area contributed by atoms with Gasteiger partial charge in [-0.15, -0.1) is 16.8 Å². The number of aromatic nitrogens is 2. The third-order valence-electron chi connectivity index (χ3n) is 2.61. The Morgan fingerprint density at radius 3 is 2.74 bits per heavy atom. The molecule has 0 fully saturated rings. The van der Waals surface area contributed by atoms with Crippen LogP contribution in [0.5, 0.6) is 5.75 Å². The first-order valence-corrected chi connectivity index (χ1v) is 8.49. The second kappa shape index (κ2) is 8.44. The monoisotopic (exact) mass is 349 g/mol. The SMILES string of the molecule is C=CCSc1nnc(NC(=O)COc2ccc(C(C)=O)cc2)s1. The summed E-state index contributed by atoms with van der Waals surface area (Å²) >= 11 is 2.79. The minimum atomic E-state index is -0.322. The Balaban J connectivity index is 1.81. The van der Waals surface area contributed by atoms with E-state index in [1.54, 1.807) is 30.3 Å². The average Bonchev–Trinajstić information content (AvgIpc) is 2.98. The van der Waals surface area contributed by atoms with Crippen LogP contribution in [0, 0.1) is 0 Å². The number of Topliss-reactive ketones (excluding diaryl/α,β-unsaturated/α-hetero) is 1. The van der Waals surface area contributed by atoms with Gasteiger partial charge >= 0.3 is 0 Å². The number of nitrogens with zero attached hydrogens (tertiary/aromatic N) is 2. The molecule has 0 unspecified atom stereocenters. The van der Waals surface area contributed by atoms with E-state index in [0.717, 1.165) is 10.1 Å². The predicted octanol–water partition coefficient (Wildman–Crippen LogP) is 3.04. The average molecular weight is 349 g/mol. The quantitative estimate of drug-likeness (QED) is 0.341. The Kier molecular flexibility index (Phi) is 6.30. The Morgan fingerprint density at radius 1 is 1.35 bits per heavy atom. The smallest absolute Gasteiger partial charge is 0.264 e. The summed E-state index contributed by atoms with van der Waals surface area (Å²) in [6.45, 7) is 4.98. The van der Waals surface area contributed by atoms with Gasteiger partial charge < -0.3 is 4.74 Å². The van der Waals surface area contributed by atoms with Gasteiger partial charge in [-0.3, -0.25) is 14.9 Å². The fourth-order valence-electron chi connectivity index (χ4n) is 1.54. The lowest BCUT2D eigenvalue weighted by Crippen LogP contribution is -2.20. The van der Waals surface area contributed by atoms with E-state index in [0.29, 0.717) is 16.4 Å². The third kappa shape index (κ3) is 5.50. The highest BCUT2D eigenvalue weighted by atomic mass is 32.2. The molecule has 1 aromatic heterocycles. The van der Waals surface area contributed by atoms with E-state index in [1.165, 1.54) is 30.0 Å². The molecule has 0 radical (unpaired) electrons. The summed E-state index contributed by atoms with van der Waals surface area (Å²) in [5, 5.41) is 10.9. The van der Waals surface area contributed by atoms with E-state index in [2.05, 4.69) is 22.1 Å². The van der Waals surface area contributed by atoms with Gasteiger partial charge in [0.25, 0.3) is 5.91 Å². The van der Waals surface area contributed by atoms with Gasteiger partial charge in [0, 0.05) is 11.3 Å². The van der Waals surface area contributed by atoms with Crippen molar-refractivity contribution in [1.29, 1.82) is 0 Å². The van der Waals surface area contributed by atoms with E-state index in [1.807, 2.05) is 0 Å². The molecule has 1 amide bonds. The number of carbonyl (C=O) groups is 2. The van der Waals surface area contributed by atoms with Gasteiger partial charge in [0.05, 0.1) is 0 Å². The van der Waals surface area contributed by atoms with Crippen LogP contribution in [0.2, 0.25) is 0 Å². The Hall–Kier alpha value is -2.19. The van der Waals surface area contributed by atoms with E-state index < -0.39 is 0 Å². The van der Waals surface area contributed by atoms with Gasteiger partial charge in [-0.25, -0.2) is 0 Å². The van der Waals surface area contributed by atoms with Crippen LogP contribution in [0.3, 0.4) is 0 Å². The second-order valence-electron chi connectivity index (χ2n) is 4.39. The minimum absolute atomic E-state index is 0.0179. The third-order valence-corrected chi connectivity index (χ3v) is 4.58. The standard InChI is InChI=1S/C15H15N3O3S2/c1-3-8-22-15-18-17-14(23-15)16-13(20)9-21-12-6-4-11(5-7-12)10(2)19/h3-7H,1,8-9H2,2H3,(H,16,17,20). The second-order valence-corrected chi connectivity index (χ2v) is 6.63. The Bertz CT molecular complexity index is 698. The van der Waals surface area contributed by atoms with Gasteiger partial charge in [-0.05, 0) is 31.2 Å². The summed E-state index contributed by atoms with van der Waals surface area (Å²) in [5.74, 6) is 0.916. The number of carbonyl (C=O) groups excluding carboxylic acids is 2. The van der Waals surface area contributed by atoms with Crippen LogP contribution < -0.4 is 10.1 Å². The number of anilines is 1. The zero-order chi connectivity index (χ0) is 16.7. The van der Waals surface area contributed by atoms with Crippen molar-refractivity contribution in [3.63, 3.8) is 0 Å². The molecule has 0 spiro atoms. The van der Waals surface area contributed by atoms with Gasteiger partial charge in [-0.2, -0.15) is 0 Å². The molecule has 2 aromatic rings. The zero-order valence-corrected chi connectivity index (χ0v) is 14.1. The molecule has 1 heterocycles. The predicted molar refractivity (Wildman–Crippen MR) is 91.4 cm³/mol. The Morgan fingerprint density at radius 2 is 2.09 bits per heavy atom. The van der Waals surface area contributed by atoms with E-state index in [-0.39, 0.29) is 18.3 Å². The fourth-order valence-corrected chi connectivity index (χ4v) is 3.07. The summed E-state index contributed by atoms with van der Waals surface area (Å²) in [7, 11) is 0. The van der Waals surface area contributed by atoms with Crippen molar-refractivity contribution in [3.8, 4) is 5.75 Å². The van der Waals surface area contributed by atoms with Gasteiger partial charge in [-0.1, -0.05) is 29.2 Å². The number of rotatable bonds is 8. The molecule has 0 atom stereocenters.